The van der Waals surface area contributed by atoms with Gasteiger partial charge in [-0.3, -0.25) is 9.59 Å². The predicted molar refractivity (Wildman–Crippen MR) is 99.8 cm³/mol. The average molecular weight is 355 g/mol. The van der Waals surface area contributed by atoms with Gasteiger partial charge in [-0.15, -0.1) is 0 Å². The van der Waals surface area contributed by atoms with Crippen molar-refractivity contribution in [3.63, 3.8) is 0 Å². The van der Waals surface area contributed by atoms with Gasteiger partial charge in [0.25, 0.3) is 0 Å². The molecule has 0 heterocycles. The van der Waals surface area contributed by atoms with Crippen LogP contribution in [-0.4, -0.2) is 32.2 Å². The molecule has 7 heteroatoms. The third-order valence-corrected chi connectivity index (χ3v) is 3.71. The van der Waals surface area contributed by atoms with Crippen LogP contribution in [0.3, 0.4) is 0 Å². The molecule has 0 aliphatic rings. The number of nitrogens with zero attached hydrogens (tertiary/aromatic N) is 1. The van der Waals surface area contributed by atoms with Gasteiger partial charge in [0, 0.05) is 5.69 Å². The molecular weight excluding hydrogens is 334 g/mol. The summed E-state index contributed by atoms with van der Waals surface area (Å²) >= 11 is 0. The number of methoxy groups -OCH3 is 2. The average Bonchev–Trinajstić information content (AvgIpc) is 2.64. The van der Waals surface area contributed by atoms with Gasteiger partial charge in [0.15, 0.2) is 11.5 Å². The standard InChI is InChI=1S/C19H21N3O4/c1-12-6-5-7-13(2)17(12)21-18(23)19(24)22-20-11-14-8-9-15(25-3)16(10-14)26-4/h5-11H,1-4H3,(H,21,23)(H,22,24). The number of anilines is 1. The van der Waals surface area contributed by atoms with E-state index in [1.54, 1.807) is 25.3 Å². The molecule has 0 saturated carbocycles. The number of hydrogen-bond donors (Lipinski definition) is 2. The van der Waals surface area contributed by atoms with Gasteiger partial charge in [-0.2, -0.15) is 5.10 Å². The molecular formula is C19H21N3O4. The number of hydrazone groups is 1. The minimum atomic E-state index is -0.857. The number of carbonyl (C=O) groups excluding carboxylic acids is 2. The Morgan fingerprint density at radius 1 is 0.962 bits per heavy atom. The van der Waals surface area contributed by atoms with Crippen LogP contribution in [-0.2, 0) is 9.59 Å². The zero-order valence-electron chi connectivity index (χ0n) is 15.1. The van der Waals surface area contributed by atoms with Crippen LogP contribution < -0.4 is 20.2 Å². The molecule has 0 aliphatic carbocycles. The maximum Gasteiger partial charge on any atom is 0.329 e. The molecule has 0 aliphatic heterocycles. The van der Waals surface area contributed by atoms with Crippen LogP contribution in [0.25, 0.3) is 0 Å². The van der Waals surface area contributed by atoms with Crippen molar-refractivity contribution in [3.05, 3.63) is 53.1 Å². The summed E-state index contributed by atoms with van der Waals surface area (Å²) in [7, 11) is 3.07. The third kappa shape index (κ3) is 4.60. The van der Waals surface area contributed by atoms with Crippen molar-refractivity contribution in [2.75, 3.05) is 19.5 Å². The topological polar surface area (TPSA) is 89.0 Å². The van der Waals surface area contributed by atoms with Crippen LogP contribution in [0.5, 0.6) is 11.5 Å². The molecule has 136 valence electrons. The Bertz CT molecular complexity index is 826. The second kappa shape index (κ2) is 8.66. The summed E-state index contributed by atoms with van der Waals surface area (Å²) in [4.78, 5) is 23.9. The SMILES string of the molecule is COc1ccc(C=NNC(=O)C(=O)Nc2c(C)cccc2C)cc1OC. The number of carbonyl (C=O) groups is 2. The molecule has 0 radical (unpaired) electrons. The van der Waals surface area contributed by atoms with Gasteiger partial charge in [-0.05, 0) is 48.7 Å². The number of hydrogen-bond acceptors (Lipinski definition) is 5. The number of rotatable bonds is 5. The monoisotopic (exact) mass is 355 g/mol. The van der Waals surface area contributed by atoms with Gasteiger partial charge in [0.2, 0.25) is 0 Å². The molecule has 2 N–H and O–H groups in total. The lowest BCUT2D eigenvalue weighted by atomic mass is 10.1. The van der Waals surface area contributed by atoms with E-state index in [-0.39, 0.29) is 0 Å². The molecule has 0 fully saturated rings. The van der Waals surface area contributed by atoms with E-state index in [2.05, 4.69) is 15.8 Å². The number of aryl methyl sites for hydroxylation is 2. The minimum Gasteiger partial charge on any atom is -0.493 e. The first kappa shape index (κ1) is 19.0. The van der Waals surface area contributed by atoms with Gasteiger partial charge in [-0.25, -0.2) is 5.43 Å². The molecule has 0 unspecified atom stereocenters. The molecule has 0 spiro atoms. The van der Waals surface area contributed by atoms with Crippen LogP contribution in [0.2, 0.25) is 0 Å². The molecule has 0 atom stereocenters. The first-order valence-electron chi connectivity index (χ1n) is 7.89. The molecule has 2 aromatic rings. The van der Waals surface area contributed by atoms with E-state index in [1.807, 2.05) is 32.0 Å². The van der Waals surface area contributed by atoms with Gasteiger partial charge in [0.05, 0.1) is 20.4 Å². The molecule has 0 bridgehead atoms. The minimum absolute atomic E-state index is 0.538. The Morgan fingerprint density at radius 3 is 2.23 bits per heavy atom. The van der Waals surface area contributed by atoms with Crippen LogP contribution in [0, 0.1) is 13.8 Å². The summed E-state index contributed by atoms with van der Waals surface area (Å²) in [6.07, 6.45) is 1.41. The van der Waals surface area contributed by atoms with Gasteiger partial charge >= 0.3 is 11.8 Å². The van der Waals surface area contributed by atoms with Crippen LogP contribution >= 0.6 is 0 Å². The van der Waals surface area contributed by atoms with Crippen molar-refractivity contribution in [1.29, 1.82) is 0 Å². The van der Waals surface area contributed by atoms with Crippen LogP contribution in [0.15, 0.2) is 41.5 Å². The summed E-state index contributed by atoms with van der Waals surface area (Å²) in [6.45, 7) is 3.71. The molecule has 2 aromatic carbocycles. The molecule has 0 aromatic heterocycles. The van der Waals surface area contributed by atoms with Gasteiger partial charge < -0.3 is 14.8 Å². The first-order valence-corrected chi connectivity index (χ1v) is 7.89. The van der Waals surface area contributed by atoms with Crippen molar-refractivity contribution >= 4 is 23.7 Å². The normalized spacial score (nSPS) is 10.5. The lowest BCUT2D eigenvalue weighted by Crippen LogP contribution is -2.32. The van der Waals surface area contributed by atoms with Crippen molar-refractivity contribution < 1.29 is 19.1 Å². The fraction of sp³-hybridized carbons (Fsp3) is 0.211. The Kier molecular flexibility index (Phi) is 6.32. The number of benzene rings is 2. The highest BCUT2D eigenvalue weighted by Crippen LogP contribution is 2.26. The van der Waals surface area contributed by atoms with Crippen molar-refractivity contribution in [2.24, 2.45) is 5.10 Å². The Morgan fingerprint density at radius 2 is 1.62 bits per heavy atom. The largest absolute Gasteiger partial charge is 0.493 e. The molecule has 2 rings (SSSR count). The second-order valence-electron chi connectivity index (χ2n) is 5.53. The zero-order valence-corrected chi connectivity index (χ0v) is 15.1. The van der Waals surface area contributed by atoms with E-state index in [4.69, 9.17) is 9.47 Å². The predicted octanol–water partition coefficient (Wildman–Crippen LogP) is 2.41. The maximum atomic E-state index is 12.0. The van der Waals surface area contributed by atoms with Crippen molar-refractivity contribution in [1.82, 2.24) is 5.43 Å². The fourth-order valence-corrected chi connectivity index (χ4v) is 2.33. The summed E-state index contributed by atoms with van der Waals surface area (Å²) in [5.41, 5.74) is 5.25. The van der Waals surface area contributed by atoms with E-state index < -0.39 is 11.8 Å². The zero-order chi connectivity index (χ0) is 19.1. The molecule has 0 saturated heterocycles. The van der Waals surface area contributed by atoms with Crippen molar-refractivity contribution in [2.45, 2.75) is 13.8 Å². The summed E-state index contributed by atoms with van der Waals surface area (Å²) in [6, 6.07) is 10.8. The van der Waals surface area contributed by atoms with E-state index >= 15 is 0 Å². The maximum absolute atomic E-state index is 12.0. The molecule has 26 heavy (non-hydrogen) atoms. The summed E-state index contributed by atoms with van der Waals surface area (Å²) in [5, 5.41) is 6.40. The fourth-order valence-electron chi connectivity index (χ4n) is 2.33. The van der Waals surface area contributed by atoms with Crippen molar-refractivity contribution in [3.8, 4) is 11.5 Å². The number of amides is 2. The van der Waals surface area contributed by atoms with Crippen LogP contribution in [0.4, 0.5) is 5.69 Å². The lowest BCUT2D eigenvalue weighted by Gasteiger charge is -2.10. The quantitative estimate of drug-likeness (QED) is 0.490. The van der Waals surface area contributed by atoms with E-state index in [0.717, 1.165) is 11.1 Å². The number of para-hydroxylation sites is 1. The highest BCUT2D eigenvalue weighted by atomic mass is 16.5. The molecule has 2 amide bonds. The first-order chi connectivity index (χ1) is 12.5. The Hall–Kier alpha value is -3.35. The molecule has 7 nitrogen and oxygen atoms in total. The Labute approximate surface area is 152 Å². The highest BCUT2D eigenvalue weighted by Gasteiger charge is 2.15. The highest BCUT2D eigenvalue weighted by molar-refractivity contribution is 6.39. The van der Waals surface area contributed by atoms with E-state index in [0.29, 0.717) is 22.7 Å². The Balaban J connectivity index is 1.99. The third-order valence-electron chi connectivity index (χ3n) is 3.71. The second-order valence-corrected chi connectivity index (χ2v) is 5.53. The van der Waals surface area contributed by atoms with Gasteiger partial charge in [-0.1, -0.05) is 18.2 Å². The van der Waals surface area contributed by atoms with Crippen LogP contribution in [0.1, 0.15) is 16.7 Å². The number of ether oxygens (including phenoxy) is 2. The summed E-state index contributed by atoms with van der Waals surface area (Å²) in [5.74, 6) is -0.520. The smallest absolute Gasteiger partial charge is 0.329 e. The van der Waals surface area contributed by atoms with Gasteiger partial charge in [0.1, 0.15) is 0 Å². The summed E-state index contributed by atoms with van der Waals surface area (Å²) < 4.78 is 10.3. The lowest BCUT2D eigenvalue weighted by molar-refractivity contribution is -0.136. The van der Waals surface area contributed by atoms with E-state index in [1.165, 1.54) is 13.3 Å². The number of nitrogens with one attached hydrogen (secondary N) is 2. The van der Waals surface area contributed by atoms with E-state index in [9.17, 15) is 9.59 Å².